The van der Waals surface area contributed by atoms with E-state index in [0.29, 0.717) is 27.8 Å². The van der Waals surface area contributed by atoms with Crippen LogP contribution in [0.4, 0.5) is 0 Å². The number of aryl methyl sites for hydroxylation is 1. The number of hydrogen-bond donors (Lipinski definition) is 1. The molecule has 8 heteroatoms. The normalized spacial score (nSPS) is 11.8. The molecule has 0 amide bonds. The Morgan fingerprint density at radius 2 is 2.42 bits per heavy atom. The van der Waals surface area contributed by atoms with E-state index in [1.54, 1.807) is 12.1 Å². The summed E-state index contributed by atoms with van der Waals surface area (Å²) in [6.45, 7) is 1.92. The minimum atomic E-state index is -1.31. The third-order valence-electron chi connectivity index (χ3n) is 2.12. The van der Waals surface area contributed by atoms with Gasteiger partial charge in [-0.2, -0.15) is 0 Å². The molecule has 2 aromatic rings. The Hall–Kier alpha value is -1.54. The molecule has 0 radical (unpaired) electrons. The number of thioether (sulfide) groups is 1. The Morgan fingerprint density at radius 3 is 2.95 bits per heavy atom. The highest BCUT2D eigenvalue weighted by Crippen LogP contribution is 2.26. The second kappa shape index (κ2) is 6.07. The Bertz CT molecular complexity index is 620. The molecule has 0 saturated carbocycles. The fourth-order valence-corrected chi connectivity index (χ4v) is 2.27. The van der Waals surface area contributed by atoms with Crippen LogP contribution in [0.3, 0.4) is 0 Å². The van der Waals surface area contributed by atoms with Gasteiger partial charge in [-0.05, 0) is 45.9 Å². The van der Waals surface area contributed by atoms with E-state index in [1.807, 2.05) is 6.92 Å². The molecule has 0 aliphatic heterocycles. The molecule has 2 aromatic heterocycles. The number of nitrogens with zero attached hydrogens (tertiary/aromatic N) is 2. The molecular weight excluding hydrogens is 334 g/mol. The first-order valence-corrected chi connectivity index (χ1v) is 6.97. The zero-order chi connectivity index (χ0) is 13.8. The van der Waals surface area contributed by atoms with E-state index in [1.165, 1.54) is 6.08 Å². The summed E-state index contributed by atoms with van der Waals surface area (Å²) >= 11 is 4.05. The third-order valence-corrected chi connectivity index (χ3v) is 3.41. The summed E-state index contributed by atoms with van der Waals surface area (Å²) in [5.41, 5.74) is 0. The van der Waals surface area contributed by atoms with E-state index in [2.05, 4.69) is 31.1 Å². The van der Waals surface area contributed by atoms with Crippen molar-refractivity contribution in [3.63, 3.8) is 0 Å². The van der Waals surface area contributed by atoms with Crippen molar-refractivity contribution < 1.29 is 14.3 Å². The summed E-state index contributed by atoms with van der Waals surface area (Å²) in [7, 11) is 0. The van der Waals surface area contributed by atoms with E-state index in [0.717, 1.165) is 11.8 Å². The van der Waals surface area contributed by atoms with Gasteiger partial charge in [0.1, 0.15) is 11.6 Å². The van der Waals surface area contributed by atoms with Gasteiger partial charge in [0.2, 0.25) is 5.16 Å². The number of hydrogen-bond acceptors (Lipinski definition) is 6. The fraction of sp³-hybridized carbons (Fsp3) is 0.182. The smallest absolute Gasteiger partial charge is 0.213 e. The Morgan fingerprint density at radius 1 is 1.63 bits per heavy atom. The summed E-state index contributed by atoms with van der Waals surface area (Å²) in [5.74, 6) is -0.203. The number of furan rings is 1. The number of aliphatic carboxylic acids is 1. The Balaban J connectivity index is 2.21. The van der Waals surface area contributed by atoms with Gasteiger partial charge in [-0.3, -0.25) is 5.10 Å². The van der Waals surface area contributed by atoms with Crippen molar-refractivity contribution in [2.24, 2.45) is 0 Å². The molecular formula is C11H9BrN3O3S-. The maximum absolute atomic E-state index is 11.1. The molecule has 0 aromatic carbocycles. The standard InChI is InChI=1S/C11H10BrN3O3S/c1-2-9-13-11(15-14-9)19-7(10(16)17)5-6-3-4-8(12)18-6/h3-5H,2H2,1H3,(H,16,17)(H,13,14,15)/p-1/b7-5+. The molecule has 19 heavy (non-hydrogen) atoms. The number of carboxylic acids is 1. The number of halogens is 1. The minimum absolute atomic E-state index is 0.0245. The lowest BCUT2D eigenvalue weighted by Crippen LogP contribution is -2.23. The van der Waals surface area contributed by atoms with Crippen LogP contribution < -0.4 is 5.11 Å². The van der Waals surface area contributed by atoms with E-state index in [9.17, 15) is 9.90 Å². The number of nitrogens with one attached hydrogen (secondary N) is 1. The van der Waals surface area contributed by atoms with Crippen LogP contribution in [0.5, 0.6) is 0 Å². The first-order chi connectivity index (χ1) is 9.08. The minimum Gasteiger partial charge on any atom is -0.544 e. The van der Waals surface area contributed by atoms with Gasteiger partial charge >= 0.3 is 0 Å². The largest absolute Gasteiger partial charge is 0.544 e. The summed E-state index contributed by atoms with van der Waals surface area (Å²) in [6.07, 6.45) is 2.07. The second-order valence-corrected chi connectivity index (χ2v) is 5.25. The molecule has 2 heterocycles. The predicted octanol–water partition coefficient (Wildman–Crippen LogP) is 1.61. The van der Waals surface area contributed by atoms with Crippen LogP contribution >= 0.6 is 27.7 Å². The molecule has 0 aliphatic rings. The van der Waals surface area contributed by atoms with Crippen LogP contribution in [0.25, 0.3) is 6.08 Å². The van der Waals surface area contributed by atoms with E-state index in [-0.39, 0.29) is 4.91 Å². The van der Waals surface area contributed by atoms with E-state index in [4.69, 9.17) is 4.42 Å². The summed E-state index contributed by atoms with van der Waals surface area (Å²) in [5, 5.41) is 18.0. The van der Waals surface area contributed by atoms with E-state index < -0.39 is 5.97 Å². The predicted molar refractivity (Wildman–Crippen MR) is 71.0 cm³/mol. The van der Waals surface area contributed by atoms with Crippen molar-refractivity contribution >= 4 is 39.7 Å². The second-order valence-electron chi connectivity index (χ2n) is 3.46. The highest BCUT2D eigenvalue weighted by Gasteiger charge is 2.09. The number of H-pyrrole nitrogens is 1. The van der Waals surface area contributed by atoms with Crippen molar-refractivity contribution in [1.82, 2.24) is 15.2 Å². The molecule has 0 unspecified atom stereocenters. The van der Waals surface area contributed by atoms with Crippen molar-refractivity contribution in [3.8, 4) is 0 Å². The fourth-order valence-electron chi connectivity index (χ4n) is 1.25. The zero-order valence-electron chi connectivity index (χ0n) is 9.84. The molecule has 0 fully saturated rings. The molecule has 0 bridgehead atoms. The van der Waals surface area contributed by atoms with Crippen LogP contribution in [0.2, 0.25) is 0 Å². The summed E-state index contributed by atoms with van der Waals surface area (Å²) < 4.78 is 5.74. The van der Waals surface area contributed by atoms with Crippen molar-refractivity contribution in [2.45, 2.75) is 18.5 Å². The lowest BCUT2D eigenvalue weighted by atomic mass is 10.4. The van der Waals surface area contributed by atoms with Gasteiger partial charge in [0.15, 0.2) is 4.67 Å². The lowest BCUT2D eigenvalue weighted by molar-refractivity contribution is -0.298. The first-order valence-electron chi connectivity index (χ1n) is 5.36. The molecule has 1 N–H and O–H groups in total. The molecule has 0 spiro atoms. The quantitative estimate of drug-likeness (QED) is 0.655. The number of carboxylic acid groups (broad SMARTS) is 1. The third kappa shape index (κ3) is 3.71. The van der Waals surface area contributed by atoms with Crippen LogP contribution in [0, 0.1) is 0 Å². The molecule has 0 aliphatic carbocycles. The monoisotopic (exact) mass is 342 g/mol. The van der Waals surface area contributed by atoms with Gasteiger partial charge in [0.25, 0.3) is 0 Å². The number of rotatable bonds is 5. The molecule has 0 saturated heterocycles. The topological polar surface area (TPSA) is 94.8 Å². The van der Waals surface area contributed by atoms with Gasteiger partial charge in [-0.15, -0.1) is 5.10 Å². The maximum Gasteiger partial charge on any atom is 0.213 e. The SMILES string of the molecule is CCc1nc(S/C(=C/c2ccc(Br)o2)C(=O)[O-])n[nH]1. The zero-order valence-corrected chi connectivity index (χ0v) is 12.2. The van der Waals surface area contributed by atoms with Gasteiger partial charge in [-0.1, -0.05) is 6.92 Å². The molecule has 6 nitrogen and oxygen atoms in total. The van der Waals surface area contributed by atoms with Crippen LogP contribution in [0.1, 0.15) is 18.5 Å². The van der Waals surface area contributed by atoms with Gasteiger partial charge in [0, 0.05) is 11.3 Å². The highest BCUT2D eigenvalue weighted by atomic mass is 79.9. The van der Waals surface area contributed by atoms with Crippen molar-refractivity contribution in [3.05, 3.63) is 33.3 Å². The van der Waals surface area contributed by atoms with Crippen molar-refractivity contribution in [1.29, 1.82) is 0 Å². The maximum atomic E-state index is 11.1. The Labute approximate surface area is 121 Å². The average Bonchev–Trinajstić information content (AvgIpc) is 2.97. The van der Waals surface area contributed by atoms with Crippen LogP contribution in [-0.2, 0) is 11.2 Å². The summed E-state index contributed by atoms with van der Waals surface area (Å²) in [6, 6.07) is 3.31. The lowest BCUT2D eigenvalue weighted by Gasteiger charge is -2.04. The van der Waals surface area contributed by atoms with E-state index >= 15 is 0 Å². The van der Waals surface area contributed by atoms with Crippen molar-refractivity contribution in [2.75, 3.05) is 0 Å². The number of carbonyl (C=O) groups excluding carboxylic acids is 1. The molecule has 0 atom stereocenters. The van der Waals surface area contributed by atoms with Crippen LogP contribution in [0.15, 0.2) is 31.3 Å². The van der Waals surface area contributed by atoms with Gasteiger partial charge < -0.3 is 14.3 Å². The number of carbonyl (C=O) groups is 1. The van der Waals surface area contributed by atoms with Gasteiger partial charge in [-0.25, -0.2) is 4.98 Å². The highest BCUT2D eigenvalue weighted by molar-refractivity contribution is 9.10. The first kappa shape index (κ1) is 13.9. The Kier molecular flexibility index (Phi) is 4.43. The average molecular weight is 343 g/mol. The molecule has 100 valence electrons. The van der Waals surface area contributed by atoms with Gasteiger partial charge in [0.05, 0.1) is 5.97 Å². The number of aromatic amines is 1. The van der Waals surface area contributed by atoms with Crippen LogP contribution in [-0.4, -0.2) is 21.2 Å². The molecule has 2 rings (SSSR count). The number of aromatic nitrogens is 3. The summed E-state index contributed by atoms with van der Waals surface area (Å²) in [4.78, 5) is 15.2.